The van der Waals surface area contributed by atoms with Crippen LogP contribution in [0.1, 0.15) is 35.4 Å². The number of carbonyl (C=O) groups is 2. The molecule has 9 nitrogen and oxygen atoms in total. The van der Waals surface area contributed by atoms with Gasteiger partial charge >= 0.3 is 0 Å². The minimum absolute atomic E-state index is 0.0912. The predicted molar refractivity (Wildman–Crippen MR) is 176 cm³/mol. The van der Waals surface area contributed by atoms with E-state index in [1.807, 2.05) is 78.9 Å². The molecule has 1 aliphatic heterocycles. The molecule has 0 saturated carbocycles. The molecule has 4 heterocycles. The highest BCUT2D eigenvalue weighted by Gasteiger charge is 2.35. The number of nitrogens with one attached hydrogen (secondary N) is 1. The Morgan fingerprint density at radius 2 is 1.77 bits per heavy atom. The SMILES string of the molecule is O=C1S/C(=C\c2ccccc2)C(=O)N1Cc1cn(CCCCNc2cc(/C=C/c3ccncc3)nc3ccc(Cl)cc23)nn1. The molecule has 1 N–H and O–H groups in total. The molecule has 0 radical (unpaired) electrons. The van der Waals surface area contributed by atoms with E-state index in [1.54, 1.807) is 29.3 Å². The average molecular weight is 622 g/mol. The summed E-state index contributed by atoms with van der Waals surface area (Å²) in [5, 5.41) is 13.2. The molecular formula is C33H28ClN7O2S. The highest BCUT2D eigenvalue weighted by atomic mass is 35.5. The monoisotopic (exact) mass is 621 g/mol. The number of rotatable bonds is 11. The van der Waals surface area contributed by atoms with Gasteiger partial charge in [-0.1, -0.05) is 53.2 Å². The normalized spacial score (nSPS) is 14.4. The van der Waals surface area contributed by atoms with Gasteiger partial charge in [0.1, 0.15) is 5.69 Å². The summed E-state index contributed by atoms with van der Waals surface area (Å²) < 4.78 is 1.75. The number of thioether (sulfide) groups is 1. The van der Waals surface area contributed by atoms with Gasteiger partial charge in [0.25, 0.3) is 11.1 Å². The Balaban J connectivity index is 1.03. The number of aryl methyl sites for hydroxylation is 1. The standard InChI is InChI=1S/C33H28ClN7O2S/c34-25-9-11-29-28(19-25)30(20-26(37-29)10-8-23-12-15-35-16-13-23)36-14-4-5-17-40-21-27(38-39-40)22-41-32(42)31(44-33(41)43)18-24-6-2-1-3-7-24/h1-3,6-13,15-16,18-21H,4-5,14,17,22H2,(H,36,37)/b10-8+,31-18-. The predicted octanol–water partition coefficient (Wildman–Crippen LogP) is 7.17. The van der Waals surface area contributed by atoms with Crippen LogP contribution < -0.4 is 5.32 Å². The summed E-state index contributed by atoms with van der Waals surface area (Å²) in [4.78, 5) is 35.8. The number of aromatic nitrogens is 5. The van der Waals surface area contributed by atoms with E-state index in [4.69, 9.17) is 16.6 Å². The van der Waals surface area contributed by atoms with Gasteiger partial charge in [-0.25, -0.2) is 4.98 Å². The van der Waals surface area contributed by atoms with Crippen LogP contribution in [0.3, 0.4) is 0 Å². The lowest BCUT2D eigenvalue weighted by molar-refractivity contribution is -0.123. The molecule has 6 rings (SSSR count). The second-order valence-corrected chi connectivity index (χ2v) is 11.6. The smallest absolute Gasteiger partial charge is 0.293 e. The number of pyridine rings is 2. The molecule has 0 unspecified atom stereocenters. The van der Waals surface area contributed by atoms with Gasteiger partial charge < -0.3 is 5.32 Å². The molecule has 220 valence electrons. The maximum absolute atomic E-state index is 12.9. The van der Waals surface area contributed by atoms with Gasteiger partial charge in [0.05, 0.1) is 28.9 Å². The first-order chi connectivity index (χ1) is 21.5. The zero-order valence-electron chi connectivity index (χ0n) is 23.6. The van der Waals surface area contributed by atoms with Gasteiger partial charge in [0.15, 0.2) is 0 Å². The van der Waals surface area contributed by atoms with Crippen molar-refractivity contribution in [2.24, 2.45) is 0 Å². The highest BCUT2D eigenvalue weighted by molar-refractivity contribution is 8.18. The Morgan fingerprint density at radius 1 is 0.932 bits per heavy atom. The van der Waals surface area contributed by atoms with Crippen LogP contribution in [0.25, 0.3) is 29.1 Å². The number of hydrogen-bond acceptors (Lipinski definition) is 8. The van der Waals surface area contributed by atoms with Crippen molar-refractivity contribution < 1.29 is 9.59 Å². The van der Waals surface area contributed by atoms with E-state index in [0.29, 0.717) is 22.2 Å². The third-order valence-electron chi connectivity index (χ3n) is 6.95. The lowest BCUT2D eigenvalue weighted by Crippen LogP contribution is -2.27. The lowest BCUT2D eigenvalue weighted by Gasteiger charge is -2.11. The lowest BCUT2D eigenvalue weighted by atomic mass is 10.1. The van der Waals surface area contributed by atoms with E-state index in [2.05, 4.69) is 20.6 Å². The molecule has 2 amide bonds. The number of imide groups is 1. The summed E-state index contributed by atoms with van der Waals surface area (Å²) in [6, 6.07) is 21.1. The van der Waals surface area contributed by atoms with Gasteiger partial charge in [-0.2, -0.15) is 0 Å². The molecule has 1 aliphatic rings. The van der Waals surface area contributed by atoms with E-state index in [0.717, 1.165) is 64.6 Å². The zero-order chi connectivity index (χ0) is 30.3. The minimum Gasteiger partial charge on any atom is -0.384 e. The fourth-order valence-corrected chi connectivity index (χ4v) is 5.76. The highest BCUT2D eigenvalue weighted by Crippen LogP contribution is 2.33. The van der Waals surface area contributed by atoms with E-state index in [-0.39, 0.29) is 17.7 Å². The van der Waals surface area contributed by atoms with Crippen LogP contribution in [0.2, 0.25) is 5.02 Å². The van der Waals surface area contributed by atoms with Crippen LogP contribution in [-0.2, 0) is 17.9 Å². The number of unbranched alkanes of at least 4 members (excludes halogenated alkanes) is 1. The second kappa shape index (κ2) is 13.7. The van der Waals surface area contributed by atoms with Crippen molar-refractivity contribution in [2.75, 3.05) is 11.9 Å². The number of carbonyl (C=O) groups excluding carboxylic acids is 2. The van der Waals surface area contributed by atoms with Crippen LogP contribution in [-0.4, -0.2) is 47.6 Å². The topological polar surface area (TPSA) is 106 Å². The number of halogens is 1. The van der Waals surface area contributed by atoms with E-state index in [1.165, 1.54) is 4.90 Å². The van der Waals surface area contributed by atoms with Crippen molar-refractivity contribution in [3.8, 4) is 0 Å². The number of hydrogen-bond donors (Lipinski definition) is 1. The third kappa shape index (κ3) is 7.21. The second-order valence-electron chi connectivity index (χ2n) is 10.2. The van der Waals surface area contributed by atoms with Gasteiger partial charge in [-0.15, -0.1) is 5.10 Å². The minimum atomic E-state index is -0.314. The molecule has 3 aromatic heterocycles. The number of anilines is 1. The summed E-state index contributed by atoms with van der Waals surface area (Å²) in [6.45, 7) is 1.49. The van der Waals surface area contributed by atoms with Crippen molar-refractivity contribution in [2.45, 2.75) is 25.9 Å². The summed E-state index contributed by atoms with van der Waals surface area (Å²) in [7, 11) is 0. The number of amides is 2. The van der Waals surface area contributed by atoms with Crippen LogP contribution >= 0.6 is 23.4 Å². The zero-order valence-corrected chi connectivity index (χ0v) is 25.2. The summed E-state index contributed by atoms with van der Waals surface area (Å²) in [5.74, 6) is -0.314. The van der Waals surface area contributed by atoms with Gasteiger partial charge in [-0.05, 0) is 84.3 Å². The third-order valence-corrected chi connectivity index (χ3v) is 8.09. The fourth-order valence-electron chi connectivity index (χ4n) is 4.75. The van der Waals surface area contributed by atoms with E-state index >= 15 is 0 Å². The number of benzene rings is 2. The Morgan fingerprint density at radius 3 is 2.61 bits per heavy atom. The van der Waals surface area contributed by atoms with E-state index < -0.39 is 0 Å². The Hall–Kier alpha value is -4.80. The van der Waals surface area contributed by atoms with Crippen LogP contribution in [0.5, 0.6) is 0 Å². The molecule has 11 heteroatoms. The van der Waals surface area contributed by atoms with Crippen molar-refractivity contribution in [3.63, 3.8) is 0 Å². The average Bonchev–Trinajstić information content (AvgIpc) is 3.60. The molecular weight excluding hydrogens is 594 g/mol. The Kier molecular flexibility index (Phi) is 9.09. The van der Waals surface area contributed by atoms with Crippen molar-refractivity contribution >= 4 is 69.3 Å². The summed E-state index contributed by atoms with van der Waals surface area (Å²) >= 11 is 7.24. The number of fused-ring (bicyclic) bond motifs is 1. The molecule has 44 heavy (non-hydrogen) atoms. The first kappa shape index (κ1) is 29.3. The fraction of sp³-hybridized carbons (Fsp3) is 0.152. The molecule has 0 spiro atoms. The maximum Gasteiger partial charge on any atom is 0.293 e. The molecule has 2 aromatic carbocycles. The molecule has 0 aliphatic carbocycles. The van der Waals surface area contributed by atoms with Gasteiger partial charge in [-0.3, -0.25) is 24.2 Å². The van der Waals surface area contributed by atoms with Crippen LogP contribution in [0.15, 0.2) is 90.2 Å². The van der Waals surface area contributed by atoms with Crippen molar-refractivity contribution in [1.29, 1.82) is 0 Å². The molecule has 0 atom stereocenters. The Labute approximate surface area is 263 Å². The Bertz CT molecular complexity index is 1860. The molecule has 5 aromatic rings. The number of nitrogens with zero attached hydrogens (tertiary/aromatic N) is 6. The van der Waals surface area contributed by atoms with Crippen LogP contribution in [0.4, 0.5) is 10.5 Å². The van der Waals surface area contributed by atoms with Crippen LogP contribution in [0, 0.1) is 0 Å². The molecule has 1 fully saturated rings. The molecule has 1 saturated heterocycles. The van der Waals surface area contributed by atoms with Gasteiger partial charge in [0.2, 0.25) is 0 Å². The summed E-state index contributed by atoms with van der Waals surface area (Å²) in [5.41, 5.74) is 5.15. The van der Waals surface area contributed by atoms with Gasteiger partial charge in [0, 0.05) is 41.6 Å². The van der Waals surface area contributed by atoms with Crippen molar-refractivity contribution in [3.05, 3.63) is 118 Å². The first-order valence-corrected chi connectivity index (χ1v) is 15.3. The first-order valence-electron chi connectivity index (χ1n) is 14.1. The molecule has 0 bridgehead atoms. The maximum atomic E-state index is 12.9. The van der Waals surface area contributed by atoms with Crippen molar-refractivity contribution in [1.82, 2.24) is 29.9 Å². The van der Waals surface area contributed by atoms with E-state index in [9.17, 15) is 9.59 Å². The largest absolute Gasteiger partial charge is 0.384 e. The quantitative estimate of drug-likeness (QED) is 0.122. The summed E-state index contributed by atoms with van der Waals surface area (Å²) in [6.07, 6.45) is 12.8.